The van der Waals surface area contributed by atoms with Crippen molar-refractivity contribution < 1.29 is 29.1 Å². The van der Waals surface area contributed by atoms with Crippen LogP contribution in [0.4, 0.5) is 0 Å². The number of hydrogen-bond donors (Lipinski definition) is 5. The van der Waals surface area contributed by atoms with Gasteiger partial charge in [-0.25, -0.2) is 4.79 Å². The molecule has 1 fully saturated rings. The lowest BCUT2D eigenvalue weighted by Crippen LogP contribution is -2.57. The van der Waals surface area contributed by atoms with E-state index in [1.54, 1.807) is 13.8 Å². The topological polar surface area (TPSA) is 185 Å². The summed E-state index contributed by atoms with van der Waals surface area (Å²) in [4.78, 5) is 62.0. The van der Waals surface area contributed by atoms with Crippen molar-refractivity contribution in [3.05, 3.63) is 0 Å². The molecule has 12 heteroatoms. The number of rotatable bonds is 12. The fourth-order valence-electron chi connectivity index (χ4n) is 3.24. The van der Waals surface area contributed by atoms with E-state index in [0.717, 1.165) is 0 Å². The molecule has 1 aliphatic heterocycles. The number of hydrogen-bond acceptors (Lipinski definition) is 7. The maximum Gasteiger partial charge on any atom is 0.326 e. The summed E-state index contributed by atoms with van der Waals surface area (Å²) in [6.45, 7) is 3.90. The molecule has 0 saturated carbocycles. The fourth-order valence-corrected chi connectivity index (χ4v) is 3.71. The number of carbonyl (C=O) groups excluding carboxylic acids is 4. The lowest BCUT2D eigenvalue weighted by Gasteiger charge is -2.30. The summed E-state index contributed by atoms with van der Waals surface area (Å²) in [5, 5.41) is 14.2. The van der Waals surface area contributed by atoms with Gasteiger partial charge in [-0.1, -0.05) is 13.8 Å². The Kier molecular flexibility index (Phi) is 10.8. The zero-order valence-corrected chi connectivity index (χ0v) is 18.9. The van der Waals surface area contributed by atoms with Gasteiger partial charge in [-0.05, 0) is 37.2 Å². The Morgan fingerprint density at radius 3 is 2.32 bits per heavy atom. The Morgan fingerprint density at radius 1 is 1.16 bits per heavy atom. The van der Waals surface area contributed by atoms with Crippen molar-refractivity contribution in [2.45, 2.75) is 63.7 Å². The van der Waals surface area contributed by atoms with Crippen LogP contribution in [0.5, 0.6) is 0 Å². The largest absolute Gasteiger partial charge is 0.480 e. The van der Waals surface area contributed by atoms with Gasteiger partial charge in [0, 0.05) is 6.54 Å². The van der Waals surface area contributed by atoms with E-state index in [-0.39, 0.29) is 5.92 Å². The van der Waals surface area contributed by atoms with E-state index in [2.05, 4.69) is 10.6 Å². The maximum atomic E-state index is 13.2. The molecule has 4 amide bonds. The number of nitrogens with one attached hydrogen (secondary N) is 2. The number of primary amides is 1. The molecule has 1 heterocycles. The van der Waals surface area contributed by atoms with Gasteiger partial charge >= 0.3 is 5.97 Å². The normalized spacial score (nSPS) is 18.9. The van der Waals surface area contributed by atoms with Gasteiger partial charge in [-0.3, -0.25) is 19.2 Å². The van der Waals surface area contributed by atoms with Crippen LogP contribution in [0.1, 0.15) is 39.5 Å². The monoisotopic (exact) mass is 459 g/mol. The molecule has 0 aromatic carbocycles. The number of nitrogens with zero attached hydrogens (tertiary/aromatic N) is 1. The van der Waals surface area contributed by atoms with Gasteiger partial charge < -0.3 is 32.1 Å². The zero-order valence-electron chi connectivity index (χ0n) is 18.1. The average Bonchev–Trinajstić information content (AvgIpc) is 3.18. The van der Waals surface area contributed by atoms with Crippen LogP contribution in [0.25, 0.3) is 0 Å². The molecule has 1 aliphatic rings. The van der Waals surface area contributed by atoms with Gasteiger partial charge in [0.15, 0.2) is 0 Å². The second-order valence-electron chi connectivity index (χ2n) is 7.87. The minimum atomic E-state index is -1.47. The first-order valence-electron chi connectivity index (χ1n) is 10.2. The molecule has 0 aliphatic carbocycles. The molecular formula is C19H33N5O6S. The summed E-state index contributed by atoms with van der Waals surface area (Å²) in [5.41, 5.74) is 10.9. The van der Waals surface area contributed by atoms with Gasteiger partial charge in [-0.15, -0.1) is 0 Å². The molecule has 176 valence electrons. The van der Waals surface area contributed by atoms with Gasteiger partial charge in [0.1, 0.15) is 18.1 Å². The van der Waals surface area contributed by atoms with Gasteiger partial charge in [0.2, 0.25) is 23.6 Å². The molecule has 0 radical (unpaired) electrons. The van der Waals surface area contributed by atoms with Crippen molar-refractivity contribution in [3.8, 4) is 0 Å². The number of likely N-dealkylation sites (tertiary alicyclic amines) is 1. The summed E-state index contributed by atoms with van der Waals surface area (Å²) >= 11 is 1.51. The average molecular weight is 460 g/mol. The highest BCUT2D eigenvalue weighted by molar-refractivity contribution is 7.98. The fraction of sp³-hybridized carbons (Fsp3) is 0.737. The van der Waals surface area contributed by atoms with Crippen LogP contribution in [-0.4, -0.2) is 82.3 Å². The Balaban J connectivity index is 2.94. The predicted octanol–water partition coefficient (Wildman–Crippen LogP) is -1.36. The zero-order chi connectivity index (χ0) is 23.7. The maximum absolute atomic E-state index is 13.2. The predicted molar refractivity (Wildman–Crippen MR) is 116 cm³/mol. The van der Waals surface area contributed by atoms with Crippen molar-refractivity contribution in [1.82, 2.24) is 15.5 Å². The third kappa shape index (κ3) is 8.02. The summed E-state index contributed by atoms with van der Waals surface area (Å²) in [7, 11) is 0. The van der Waals surface area contributed by atoms with E-state index in [0.29, 0.717) is 31.6 Å². The number of amides is 4. The highest BCUT2D eigenvalue weighted by Gasteiger charge is 2.39. The van der Waals surface area contributed by atoms with Crippen LogP contribution >= 0.6 is 11.8 Å². The molecule has 1 saturated heterocycles. The van der Waals surface area contributed by atoms with Crippen LogP contribution in [0.15, 0.2) is 0 Å². The molecule has 0 bridgehead atoms. The molecular weight excluding hydrogens is 426 g/mol. The molecule has 4 unspecified atom stereocenters. The first-order valence-corrected chi connectivity index (χ1v) is 11.6. The molecule has 0 aromatic heterocycles. The van der Waals surface area contributed by atoms with E-state index in [1.807, 2.05) is 6.26 Å². The van der Waals surface area contributed by atoms with E-state index in [4.69, 9.17) is 11.5 Å². The number of thioether (sulfide) groups is 1. The number of carboxylic acid groups (broad SMARTS) is 1. The van der Waals surface area contributed by atoms with Crippen molar-refractivity contribution in [3.63, 3.8) is 0 Å². The lowest BCUT2D eigenvalue weighted by molar-refractivity contribution is -0.145. The third-order valence-corrected chi connectivity index (χ3v) is 5.75. The summed E-state index contributed by atoms with van der Waals surface area (Å²) in [6, 6.07) is -3.99. The van der Waals surface area contributed by atoms with Gasteiger partial charge in [0.25, 0.3) is 0 Å². The number of carboxylic acids is 1. The van der Waals surface area contributed by atoms with Crippen molar-refractivity contribution in [1.29, 1.82) is 0 Å². The minimum Gasteiger partial charge on any atom is -0.480 e. The first-order chi connectivity index (χ1) is 14.5. The summed E-state index contributed by atoms with van der Waals surface area (Å²) in [5.74, 6) is -3.30. The Morgan fingerprint density at radius 2 is 1.81 bits per heavy atom. The van der Waals surface area contributed by atoms with Gasteiger partial charge in [-0.2, -0.15) is 11.8 Å². The Bertz CT molecular complexity index is 689. The van der Waals surface area contributed by atoms with E-state index in [9.17, 15) is 29.1 Å². The molecule has 4 atom stereocenters. The lowest BCUT2D eigenvalue weighted by atomic mass is 10.0. The Labute approximate surface area is 186 Å². The molecule has 7 N–H and O–H groups in total. The van der Waals surface area contributed by atoms with Crippen molar-refractivity contribution in [2.24, 2.45) is 17.4 Å². The third-order valence-electron chi connectivity index (χ3n) is 5.10. The minimum absolute atomic E-state index is 0.111. The van der Waals surface area contributed by atoms with Crippen LogP contribution in [0.2, 0.25) is 0 Å². The molecule has 0 aromatic rings. The highest BCUT2D eigenvalue weighted by Crippen LogP contribution is 2.20. The van der Waals surface area contributed by atoms with Crippen LogP contribution in [-0.2, 0) is 24.0 Å². The summed E-state index contributed by atoms with van der Waals surface area (Å²) in [6.07, 6.45) is 2.57. The second-order valence-corrected chi connectivity index (χ2v) is 8.86. The van der Waals surface area contributed by atoms with Crippen LogP contribution < -0.4 is 22.1 Å². The number of carbonyl (C=O) groups is 5. The molecule has 11 nitrogen and oxygen atoms in total. The quantitative estimate of drug-likeness (QED) is 0.237. The van der Waals surface area contributed by atoms with Gasteiger partial charge in [0.05, 0.1) is 12.5 Å². The van der Waals surface area contributed by atoms with E-state index < -0.39 is 60.2 Å². The SMILES string of the molecule is CSCCC(NC(=O)C(N)C(C)C)C(=O)N1CCCC1C(=O)NC(CC(N)=O)C(=O)O. The summed E-state index contributed by atoms with van der Waals surface area (Å²) < 4.78 is 0. The van der Waals surface area contributed by atoms with E-state index >= 15 is 0 Å². The molecule has 1 rings (SSSR count). The highest BCUT2D eigenvalue weighted by atomic mass is 32.2. The van der Waals surface area contributed by atoms with Crippen molar-refractivity contribution in [2.75, 3.05) is 18.6 Å². The van der Waals surface area contributed by atoms with Crippen LogP contribution in [0, 0.1) is 5.92 Å². The number of nitrogens with two attached hydrogens (primary N) is 2. The molecule has 31 heavy (non-hydrogen) atoms. The van der Waals surface area contributed by atoms with E-state index in [1.165, 1.54) is 16.7 Å². The first kappa shape index (κ1) is 26.7. The second kappa shape index (κ2) is 12.5. The number of aliphatic carboxylic acids is 1. The molecule has 0 spiro atoms. The standard InChI is InChI=1S/C19H33N5O6S/c1-10(2)15(21)17(27)22-11(6-8-31-3)18(28)24-7-4-5-13(24)16(26)23-12(19(29)30)9-14(20)25/h10-13,15H,4-9,21H2,1-3H3,(H2,20,25)(H,22,27)(H,23,26)(H,29,30). The smallest absolute Gasteiger partial charge is 0.326 e. The Hall–Kier alpha value is -2.34. The van der Waals surface area contributed by atoms with Crippen molar-refractivity contribution >= 4 is 41.4 Å². The van der Waals surface area contributed by atoms with Crippen LogP contribution in [0.3, 0.4) is 0 Å².